The van der Waals surface area contributed by atoms with E-state index < -0.39 is 10.0 Å². The van der Waals surface area contributed by atoms with Gasteiger partial charge in [0.2, 0.25) is 10.0 Å². The van der Waals surface area contributed by atoms with Crippen LogP contribution in [0.25, 0.3) is 0 Å². The summed E-state index contributed by atoms with van der Waals surface area (Å²) in [6.45, 7) is 6.98. The molecule has 0 spiro atoms. The maximum Gasteiger partial charge on any atom is 0.211 e. The van der Waals surface area contributed by atoms with E-state index in [0.29, 0.717) is 32.2 Å². The van der Waals surface area contributed by atoms with Crippen molar-refractivity contribution in [3.05, 3.63) is 35.9 Å². The summed E-state index contributed by atoms with van der Waals surface area (Å²) in [6.07, 6.45) is 2.92. The Balaban J connectivity index is 0.00000729. The van der Waals surface area contributed by atoms with Crippen molar-refractivity contribution < 1.29 is 13.2 Å². The Labute approximate surface area is 187 Å². The summed E-state index contributed by atoms with van der Waals surface area (Å²) in [5.41, 5.74) is 1.18. The molecule has 1 aromatic carbocycles. The van der Waals surface area contributed by atoms with E-state index in [1.54, 1.807) is 7.05 Å². The normalized spacial score (nSPS) is 13.1. The molecule has 0 aliphatic rings. The fourth-order valence-electron chi connectivity index (χ4n) is 2.60. The lowest BCUT2D eigenvalue weighted by Crippen LogP contribution is -2.40. The number of ether oxygens (including phenoxy) is 1. The number of aliphatic imine (C=N–C) groups is 1. The van der Waals surface area contributed by atoms with Crippen molar-refractivity contribution >= 4 is 40.0 Å². The molecule has 0 aromatic heterocycles. The van der Waals surface area contributed by atoms with Gasteiger partial charge in [-0.05, 0) is 25.3 Å². The Morgan fingerprint density at radius 1 is 1.18 bits per heavy atom. The van der Waals surface area contributed by atoms with Crippen LogP contribution in [0.5, 0.6) is 0 Å². The van der Waals surface area contributed by atoms with E-state index in [1.165, 1.54) is 16.1 Å². The zero-order valence-electron chi connectivity index (χ0n) is 17.3. The average molecular weight is 526 g/mol. The van der Waals surface area contributed by atoms with Gasteiger partial charge in [0.1, 0.15) is 0 Å². The number of nitrogens with zero attached hydrogens (tertiary/aromatic N) is 2. The second-order valence-corrected chi connectivity index (χ2v) is 8.29. The van der Waals surface area contributed by atoms with Crippen LogP contribution in [0, 0.1) is 0 Å². The Morgan fingerprint density at radius 3 is 2.32 bits per heavy atom. The van der Waals surface area contributed by atoms with E-state index in [9.17, 15) is 8.42 Å². The number of halogens is 1. The Bertz CT molecular complexity index is 656. The van der Waals surface area contributed by atoms with Crippen LogP contribution in [0.15, 0.2) is 35.3 Å². The Kier molecular flexibility index (Phi) is 14.5. The summed E-state index contributed by atoms with van der Waals surface area (Å²) < 4.78 is 30.4. The largest absolute Gasteiger partial charge is 0.374 e. The Hall–Kier alpha value is -0.910. The highest BCUT2D eigenvalue weighted by atomic mass is 127. The molecular weight excluding hydrogens is 491 g/mol. The molecule has 0 heterocycles. The van der Waals surface area contributed by atoms with Crippen molar-refractivity contribution in [2.24, 2.45) is 4.99 Å². The van der Waals surface area contributed by atoms with Crippen molar-refractivity contribution in [3.63, 3.8) is 0 Å². The fraction of sp³-hybridized carbons (Fsp3) is 0.632. The molecule has 1 atom stereocenters. The van der Waals surface area contributed by atoms with Gasteiger partial charge in [0.15, 0.2) is 5.96 Å². The van der Waals surface area contributed by atoms with Gasteiger partial charge in [0, 0.05) is 39.8 Å². The summed E-state index contributed by atoms with van der Waals surface area (Å²) in [7, 11) is -1.40. The van der Waals surface area contributed by atoms with Gasteiger partial charge in [0.05, 0.1) is 12.4 Å². The molecule has 28 heavy (non-hydrogen) atoms. The molecule has 1 aromatic rings. The minimum atomic E-state index is -3.12. The first kappa shape index (κ1) is 27.1. The lowest BCUT2D eigenvalue weighted by atomic mass is 10.1. The van der Waals surface area contributed by atoms with Crippen LogP contribution in [-0.4, -0.2) is 64.8 Å². The van der Waals surface area contributed by atoms with E-state index in [1.807, 2.05) is 25.1 Å². The molecule has 2 N–H and O–H groups in total. The van der Waals surface area contributed by atoms with Crippen molar-refractivity contribution in [3.8, 4) is 0 Å². The first-order valence-electron chi connectivity index (χ1n) is 9.44. The lowest BCUT2D eigenvalue weighted by Gasteiger charge is -2.18. The molecule has 0 aliphatic heterocycles. The minimum Gasteiger partial charge on any atom is -0.374 e. The molecule has 0 fully saturated rings. The number of hydrogen-bond donors (Lipinski definition) is 2. The molecule has 1 rings (SSSR count). The van der Waals surface area contributed by atoms with Crippen molar-refractivity contribution in [1.29, 1.82) is 0 Å². The Morgan fingerprint density at radius 2 is 1.79 bits per heavy atom. The summed E-state index contributed by atoms with van der Waals surface area (Å²) in [5.74, 6) is 0.716. The predicted molar refractivity (Wildman–Crippen MR) is 127 cm³/mol. The monoisotopic (exact) mass is 526 g/mol. The molecule has 1 unspecified atom stereocenters. The highest BCUT2D eigenvalue weighted by Crippen LogP contribution is 2.15. The zero-order chi connectivity index (χ0) is 20.1. The molecule has 0 bridgehead atoms. The van der Waals surface area contributed by atoms with Crippen LogP contribution in [0.2, 0.25) is 0 Å². The van der Waals surface area contributed by atoms with Gasteiger partial charge in [-0.2, -0.15) is 0 Å². The van der Waals surface area contributed by atoms with Gasteiger partial charge in [-0.25, -0.2) is 12.7 Å². The van der Waals surface area contributed by atoms with Crippen LogP contribution in [0.1, 0.15) is 38.4 Å². The molecule has 9 heteroatoms. The second kappa shape index (κ2) is 15.0. The predicted octanol–water partition coefficient (Wildman–Crippen LogP) is 2.61. The molecule has 0 saturated carbocycles. The third-order valence-corrected chi connectivity index (χ3v) is 5.55. The van der Waals surface area contributed by atoms with Crippen LogP contribution in [0.4, 0.5) is 0 Å². The number of rotatable bonds is 12. The molecule has 0 amide bonds. The number of nitrogens with one attached hydrogen (secondary N) is 2. The van der Waals surface area contributed by atoms with E-state index in [4.69, 9.17) is 4.74 Å². The molecule has 7 nitrogen and oxygen atoms in total. The summed E-state index contributed by atoms with van der Waals surface area (Å²) in [6, 6.07) is 10.2. The van der Waals surface area contributed by atoms with Crippen LogP contribution >= 0.6 is 24.0 Å². The third-order valence-electron chi connectivity index (χ3n) is 4.17. The van der Waals surface area contributed by atoms with Gasteiger partial charge >= 0.3 is 0 Å². The van der Waals surface area contributed by atoms with Crippen molar-refractivity contribution in [2.45, 2.75) is 32.8 Å². The topological polar surface area (TPSA) is 83.0 Å². The number of guanidine groups is 1. The number of sulfonamides is 1. The van der Waals surface area contributed by atoms with Crippen LogP contribution in [0.3, 0.4) is 0 Å². The first-order chi connectivity index (χ1) is 12.9. The van der Waals surface area contributed by atoms with Gasteiger partial charge < -0.3 is 15.4 Å². The molecule has 0 aliphatic carbocycles. The lowest BCUT2D eigenvalue weighted by molar-refractivity contribution is 0.0646. The van der Waals surface area contributed by atoms with E-state index in [2.05, 4.69) is 34.7 Å². The van der Waals surface area contributed by atoms with Crippen molar-refractivity contribution in [1.82, 2.24) is 14.9 Å². The zero-order valence-corrected chi connectivity index (χ0v) is 20.5. The van der Waals surface area contributed by atoms with Crippen LogP contribution in [-0.2, 0) is 14.8 Å². The quantitative estimate of drug-likeness (QED) is 0.189. The van der Waals surface area contributed by atoms with Gasteiger partial charge in [-0.3, -0.25) is 4.99 Å². The SMILES string of the molecule is CCN(CCCNC(=NC)NCCCOC(C)c1ccccc1)S(C)(=O)=O.I. The molecular formula is C19H35IN4O3S. The maximum absolute atomic E-state index is 11.5. The number of benzene rings is 1. The summed E-state index contributed by atoms with van der Waals surface area (Å²) in [4.78, 5) is 4.18. The van der Waals surface area contributed by atoms with E-state index >= 15 is 0 Å². The molecule has 0 saturated heterocycles. The number of hydrogen-bond acceptors (Lipinski definition) is 4. The summed E-state index contributed by atoms with van der Waals surface area (Å²) >= 11 is 0. The van der Waals surface area contributed by atoms with E-state index in [0.717, 1.165) is 19.4 Å². The standard InChI is InChI=1S/C19H34N4O3S.HI/c1-5-23(27(4,24)25)15-9-13-21-19(20-3)22-14-10-16-26-17(2)18-11-7-6-8-12-18;/h6-8,11-12,17H,5,9-10,13-16H2,1-4H3,(H2,20,21,22);1H. The second-order valence-electron chi connectivity index (χ2n) is 6.31. The van der Waals surface area contributed by atoms with Crippen molar-refractivity contribution in [2.75, 3.05) is 46.1 Å². The highest BCUT2D eigenvalue weighted by Gasteiger charge is 2.13. The van der Waals surface area contributed by atoms with Gasteiger partial charge in [0.25, 0.3) is 0 Å². The smallest absolute Gasteiger partial charge is 0.211 e. The average Bonchev–Trinajstić information content (AvgIpc) is 2.65. The first-order valence-corrected chi connectivity index (χ1v) is 11.3. The summed E-state index contributed by atoms with van der Waals surface area (Å²) in [5, 5.41) is 6.44. The minimum absolute atomic E-state index is 0. The van der Waals surface area contributed by atoms with Gasteiger partial charge in [-0.15, -0.1) is 24.0 Å². The molecule has 162 valence electrons. The highest BCUT2D eigenvalue weighted by molar-refractivity contribution is 14.0. The maximum atomic E-state index is 11.5. The fourth-order valence-corrected chi connectivity index (χ4v) is 3.53. The van der Waals surface area contributed by atoms with E-state index in [-0.39, 0.29) is 30.1 Å². The van der Waals surface area contributed by atoms with Gasteiger partial charge in [-0.1, -0.05) is 37.3 Å². The van der Waals surface area contributed by atoms with Crippen LogP contribution < -0.4 is 10.6 Å². The third kappa shape index (κ3) is 11.2. The molecule has 0 radical (unpaired) electrons.